The predicted molar refractivity (Wildman–Crippen MR) is 115 cm³/mol. The molecule has 0 spiro atoms. The smallest absolute Gasteiger partial charge is 0.240 e. The highest BCUT2D eigenvalue weighted by molar-refractivity contribution is 7.89. The molecule has 3 rings (SSSR count). The van der Waals surface area contributed by atoms with Crippen LogP contribution in [0.25, 0.3) is 0 Å². The number of hydrogen-bond donors (Lipinski definition) is 1. The molecule has 0 atom stereocenters. The number of piperazine rings is 1. The van der Waals surface area contributed by atoms with Crippen molar-refractivity contribution in [2.75, 3.05) is 44.2 Å². The first-order valence-corrected chi connectivity index (χ1v) is 11.6. The van der Waals surface area contributed by atoms with E-state index in [1.165, 1.54) is 12.1 Å². The highest BCUT2D eigenvalue weighted by Gasteiger charge is 2.22. The van der Waals surface area contributed by atoms with Crippen LogP contribution in [0.1, 0.15) is 13.3 Å². The van der Waals surface area contributed by atoms with Gasteiger partial charge >= 0.3 is 0 Å². The third-order valence-corrected chi connectivity index (χ3v) is 6.44. The Labute approximate surface area is 181 Å². The molecule has 1 fully saturated rings. The lowest BCUT2D eigenvalue weighted by Gasteiger charge is -2.35. The summed E-state index contributed by atoms with van der Waals surface area (Å²) in [7, 11) is -3.67. The summed E-state index contributed by atoms with van der Waals surface area (Å²) in [6.45, 7) is 4.88. The molecule has 10 heteroatoms. The molecule has 0 unspecified atom stereocenters. The molecule has 2 aromatic rings. The largest absolute Gasteiger partial charge is 0.494 e. The van der Waals surface area contributed by atoms with Crippen molar-refractivity contribution in [1.82, 2.24) is 14.6 Å². The van der Waals surface area contributed by atoms with Gasteiger partial charge in [-0.25, -0.2) is 18.1 Å². The minimum atomic E-state index is -3.67. The molecule has 162 valence electrons. The maximum Gasteiger partial charge on any atom is 0.240 e. The highest BCUT2D eigenvalue weighted by atomic mass is 35.5. The second-order valence-electron chi connectivity index (χ2n) is 6.75. The number of anilines is 1. The number of sulfonamides is 1. The van der Waals surface area contributed by atoms with E-state index in [0.29, 0.717) is 43.6 Å². The Balaban J connectivity index is 1.45. The van der Waals surface area contributed by atoms with Crippen molar-refractivity contribution in [1.29, 1.82) is 0 Å². The summed E-state index contributed by atoms with van der Waals surface area (Å²) in [5.41, 5.74) is 0. The number of carbonyl (C=O) groups is 1. The van der Waals surface area contributed by atoms with Gasteiger partial charge in [-0.1, -0.05) is 11.6 Å². The van der Waals surface area contributed by atoms with E-state index in [0.717, 1.165) is 5.82 Å². The summed E-state index contributed by atoms with van der Waals surface area (Å²) >= 11 is 5.87. The Kier molecular flexibility index (Phi) is 7.52. The lowest BCUT2D eigenvalue weighted by Crippen LogP contribution is -2.49. The van der Waals surface area contributed by atoms with Crippen LogP contribution >= 0.6 is 11.6 Å². The number of halogens is 1. The maximum absolute atomic E-state index is 12.4. The third-order valence-electron chi connectivity index (χ3n) is 4.74. The normalized spacial score (nSPS) is 14.6. The van der Waals surface area contributed by atoms with Crippen molar-refractivity contribution < 1.29 is 17.9 Å². The zero-order valence-corrected chi connectivity index (χ0v) is 18.3. The Bertz CT molecular complexity index is 944. The second kappa shape index (κ2) is 10.1. The number of ether oxygens (including phenoxy) is 1. The van der Waals surface area contributed by atoms with E-state index in [1.54, 1.807) is 29.3 Å². The van der Waals surface area contributed by atoms with Crippen LogP contribution in [0, 0.1) is 0 Å². The number of amides is 1. The molecule has 30 heavy (non-hydrogen) atoms. The first-order chi connectivity index (χ1) is 14.4. The molecule has 1 aliphatic rings. The molecule has 0 aliphatic carbocycles. The SMILES string of the molecule is CCOc1ccc(S(=O)(=O)NCCC(=O)N2CCN(c3ccc(Cl)cn3)CC2)cc1. The van der Waals surface area contributed by atoms with Gasteiger partial charge in [-0.2, -0.15) is 0 Å². The Hall–Kier alpha value is -2.36. The Morgan fingerprint density at radius 1 is 1.13 bits per heavy atom. The van der Waals surface area contributed by atoms with Crippen LogP contribution in [0.4, 0.5) is 5.82 Å². The topological polar surface area (TPSA) is 91.8 Å². The monoisotopic (exact) mass is 452 g/mol. The van der Waals surface area contributed by atoms with Gasteiger partial charge in [-0.05, 0) is 43.3 Å². The zero-order valence-electron chi connectivity index (χ0n) is 16.8. The fourth-order valence-corrected chi connectivity index (χ4v) is 4.30. The van der Waals surface area contributed by atoms with Crippen LogP contribution in [0.5, 0.6) is 5.75 Å². The van der Waals surface area contributed by atoms with E-state index in [1.807, 2.05) is 13.0 Å². The number of carbonyl (C=O) groups excluding carboxylic acids is 1. The molecule has 1 aliphatic heterocycles. The number of hydrogen-bond acceptors (Lipinski definition) is 6. The summed E-state index contributed by atoms with van der Waals surface area (Å²) in [6.07, 6.45) is 1.71. The molecule has 1 saturated heterocycles. The van der Waals surface area contributed by atoms with Crippen molar-refractivity contribution >= 4 is 33.3 Å². The lowest BCUT2D eigenvalue weighted by molar-refractivity contribution is -0.131. The quantitative estimate of drug-likeness (QED) is 0.659. The molecule has 2 heterocycles. The van der Waals surface area contributed by atoms with Gasteiger partial charge in [0.15, 0.2) is 0 Å². The molecule has 1 aromatic carbocycles. The molecule has 0 bridgehead atoms. The van der Waals surface area contributed by atoms with Crippen molar-refractivity contribution in [2.45, 2.75) is 18.2 Å². The third kappa shape index (κ3) is 5.84. The molecular weight excluding hydrogens is 428 g/mol. The number of rotatable bonds is 8. The standard InChI is InChI=1S/C20H25ClN4O4S/c1-2-29-17-4-6-18(7-5-17)30(27,28)23-10-9-20(26)25-13-11-24(12-14-25)19-8-3-16(21)15-22-19/h3-8,15,23H,2,9-14H2,1H3. The molecule has 0 saturated carbocycles. The van der Waals surface area contributed by atoms with E-state index in [9.17, 15) is 13.2 Å². The fraction of sp³-hybridized carbons (Fsp3) is 0.400. The number of aromatic nitrogens is 1. The van der Waals surface area contributed by atoms with Gasteiger partial charge < -0.3 is 14.5 Å². The average Bonchev–Trinajstić information content (AvgIpc) is 2.75. The van der Waals surface area contributed by atoms with Crippen LogP contribution in [0.2, 0.25) is 5.02 Å². The van der Waals surface area contributed by atoms with Crippen molar-refractivity contribution in [3.8, 4) is 5.75 Å². The fourth-order valence-electron chi connectivity index (χ4n) is 3.16. The minimum absolute atomic E-state index is 0.0489. The van der Waals surface area contributed by atoms with Crippen molar-refractivity contribution in [2.24, 2.45) is 0 Å². The van der Waals surface area contributed by atoms with Gasteiger partial charge in [-0.15, -0.1) is 0 Å². The summed E-state index contributed by atoms with van der Waals surface area (Å²) < 4.78 is 32.6. The summed E-state index contributed by atoms with van der Waals surface area (Å²) in [5.74, 6) is 1.36. The van der Waals surface area contributed by atoms with E-state index < -0.39 is 10.0 Å². The second-order valence-corrected chi connectivity index (χ2v) is 8.96. The highest BCUT2D eigenvalue weighted by Crippen LogP contribution is 2.17. The van der Waals surface area contributed by atoms with Crippen LogP contribution in [-0.2, 0) is 14.8 Å². The molecule has 1 amide bonds. The van der Waals surface area contributed by atoms with Gasteiger partial charge in [-0.3, -0.25) is 4.79 Å². The first kappa shape index (κ1) is 22.3. The van der Waals surface area contributed by atoms with E-state index in [-0.39, 0.29) is 23.8 Å². The predicted octanol–water partition coefficient (Wildman–Crippen LogP) is 2.15. The summed E-state index contributed by atoms with van der Waals surface area (Å²) in [4.78, 5) is 20.7. The van der Waals surface area contributed by atoms with Gasteiger partial charge in [0.05, 0.1) is 16.5 Å². The molecule has 8 nitrogen and oxygen atoms in total. The van der Waals surface area contributed by atoms with E-state index in [4.69, 9.17) is 16.3 Å². The van der Waals surface area contributed by atoms with E-state index >= 15 is 0 Å². The first-order valence-electron chi connectivity index (χ1n) is 9.76. The van der Waals surface area contributed by atoms with Gasteiger partial charge in [0.1, 0.15) is 11.6 Å². The summed E-state index contributed by atoms with van der Waals surface area (Å²) in [6, 6.07) is 9.84. The van der Waals surface area contributed by atoms with Gasteiger partial charge in [0, 0.05) is 45.3 Å². The summed E-state index contributed by atoms with van der Waals surface area (Å²) in [5, 5.41) is 0.584. The van der Waals surface area contributed by atoms with E-state index in [2.05, 4.69) is 14.6 Å². The molecule has 1 N–H and O–H groups in total. The van der Waals surface area contributed by atoms with Crippen LogP contribution in [0.3, 0.4) is 0 Å². The van der Waals surface area contributed by atoms with Crippen molar-refractivity contribution in [3.05, 3.63) is 47.6 Å². The molecule has 0 radical (unpaired) electrons. The van der Waals surface area contributed by atoms with Crippen molar-refractivity contribution in [3.63, 3.8) is 0 Å². The zero-order chi connectivity index (χ0) is 21.6. The van der Waals surface area contributed by atoms with Crippen LogP contribution in [0.15, 0.2) is 47.5 Å². The molecule has 1 aromatic heterocycles. The average molecular weight is 453 g/mol. The number of nitrogens with zero attached hydrogens (tertiary/aromatic N) is 3. The van der Waals surface area contributed by atoms with Gasteiger partial charge in [0.25, 0.3) is 0 Å². The number of benzene rings is 1. The van der Waals surface area contributed by atoms with Gasteiger partial charge in [0.2, 0.25) is 15.9 Å². The Morgan fingerprint density at radius 3 is 2.43 bits per heavy atom. The number of pyridine rings is 1. The lowest BCUT2D eigenvalue weighted by atomic mass is 10.2. The van der Waals surface area contributed by atoms with Crippen LogP contribution in [-0.4, -0.2) is 63.5 Å². The minimum Gasteiger partial charge on any atom is -0.494 e. The van der Waals surface area contributed by atoms with Crippen LogP contribution < -0.4 is 14.4 Å². The molecular formula is C20H25ClN4O4S. The maximum atomic E-state index is 12.4. The number of nitrogens with one attached hydrogen (secondary N) is 1. The Morgan fingerprint density at radius 2 is 1.83 bits per heavy atom.